The van der Waals surface area contributed by atoms with Crippen LogP contribution in [-0.4, -0.2) is 18.1 Å². The summed E-state index contributed by atoms with van der Waals surface area (Å²) in [6.07, 6.45) is 0.433. The molecule has 0 amide bonds. The molecule has 0 saturated heterocycles. The second-order valence-electron chi connectivity index (χ2n) is 7.43. The van der Waals surface area contributed by atoms with E-state index in [0.29, 0.717) is 34.7 Å². The number of carbonyl (C=O) groups is 2. The van der Waals surface area contributed by atoms with Crippen molar-refractivity contribution >= 4 is 40.6 Å². The van der Waals surface area contributed by atoms with Crippen LogP contribution in [0.25, 0.3) is 0 Å². The van der Waals surface area contributed by atoms with Crippen LogP contribution < -0.4 is 4.90 Å². The van der Waals surface area contributed by atoms with E-state index in [9.17, 15) is 9.59 Å². The fraction of sp³-hybridized carbons (Fsp3) is 0.120. The lowest BCUT2D eigenvalue weighted by Gasteiger charge is -2.32. The lowest BCUT2D eigenvalue weighted by molar-refractivity contribution is 0.0915. The molecule has 0 fully saturated rings. The summed E-state index contributed by atoms with van der Waals surface area (Å²) >= 11 is 7.77. The number of Topliss-reactive ketones (excluding diaryl/α,β-unsaturated/α-hetero) is 2. The van der Waals surface area contributed by atoms with Gasteiger partial charge in [-0.3, -0.25) is 9.59 Å². The van der Waals surface area contributed by atoms with Gasteiger partial charge < -0.3 is 4.90 Å². The second kappa shape index (κ2) is 7.78. The van der Waals surface area contributed by atoms with E-state index in [-0.39, 0.29) is 17.5 Å². The average Bonchev–Trinajstić information content (AvgIpc) is 3.16. The summed E-state index contributed by atoms with van der Waals surface area (Å²) in [6, 6.07) is 24.3. The highest BCUT2D eigenvalue weighted by atomic mass is 35.5. The van der Waals surface area contributed by atoms with Gasteiger partial charge >= 0.3 is 0 Å². The molecule has 3 nitrogen and oxygen atoms in total. The van der Waals surface area contributed by atoms with Crippen molar-refractivity contribution < 1.29 is 9.59 Å². The Kier molecular flexibility index (Phi) is 4.97. The first kappa shape index (κ1) is 19.2. The van der Waals surface area contributed by atoms with Crippen LogP contribution in [0.4, 0.5) is 5.69 Å². The van der Waals surface area contributed by atoms with Crippen molar-refractivity contribution in [1.29, 1.82) is 0 Å². The highest BCUT2D eigenvalue weighted by molar-refractivity contribution is 8.03. The first-order valence-corrected chi connectivity index (χ1v) is 11.0. The molecule has 0 radical (unpaired) electrons. The molecule has 1 unspecified atom stereocenters. The van der Waals surface area contributed by atoms with Crippen molar-refractivity contribution in [3.05, 3.63) is 106 Å². The third-order valence-corrected chi connectivity index (χ3v) is 6.96. The van der Waals surface area contributed by atoms with Gasteiger partial charge in [0.2, 0.25) is 0 Å². The first-order chi connectivity index (χ1) is 14.6. The second-order valence-corrected chi connectivity index (χ2v) is 8.90. The van der Waals surface area contributed by atoms with Crippen molar-refractivity contribution in [3.63, 3.8) is 0 Å². The van der Waals surface area contributed by atoms with Crippen LogP contribution >= 0.6 is 23.4 Å². The molecule has 5 heteroatoms. The van der Waals surface area contributed by atoms with Gasteiger partial charge in [0.1, 0.15) is 0 Å². The van der Waals surface area contributed by atoms with Gasteiger partial charge in [-0.1, -0.05) is 84.0 Å². The summed E-state index contributed by atoms with van der Waals surface area (Å²) < 4.78 is 0. The molecule has 2 heterocycles. The number of allylic oxidation sites excluding steroid dienone is 1. The Morgan fingerprint density at radius 1 is 0.900 bits per heavy atom. The minimum Gasteiger partial charge on any atom is -0.334 e. The minimum absolute atomic E-state index is 0.0208. The zero-order valence-corrected chi connectivity index (χ0v) is 17.6. The lowest BCUT2D eigenvalue weighted by atomic mass is 9.85. The molecule has 0 saturated carbocycles. The van der Waals surface area contributed by atoms with Crippen molar-refractivity contribution in [3.8, 4) is 0 Å². The molecule has 0 bridgehead atoms. The van der Waals surface area contributed by atoms with Gasteiger partial charge in [0.05, 0.1) is 10.7 Å². The van der Waals surface area contributed by atoms with Gasteiger partial charge in [0.15, 0.2) is 11.6 Å². The van der Waals surface area contributed by atoms with Gasteiger partial charge in [-0.2, -0.15) is 0 Å². The van der Waals surface area contributed by atoms with Crippen LogP contribution in [0.1, 0.15) is 27.1 Å². The molecule has 0 N–H and O–H groups in total. The smallest absolute Gasteiger partial charge is 0.191 e. The van der Waals surface area contributed by atoms with Crippen molar-refractivity contribution in [2.75, 3.05) is 11.4 Å². The first-order valence-electron chi connectivity index (χ1n) is 9.79. The number of hydrogen-bond acceptors (Lipinski definition) is 4. The number of fused-ring (bicyclic) bond motifs is 3. The summed E-state index contributed by atoms with van der Waals surface area (Å²) in [6.45, 7) is 0.552. The molecule has 0 spiro atoms. The highest BCUT2D eigenvalue weighted by Gasteiger charge is 2.39. The van der Waals surface area contributed by atoms with Crippen molar-refractivity contribution in [2.45, 2.75) is 11.3 Å². The van der Waals surface area contributed by atoms with E-state index in [2.05, 4.69) is 4.90 Å². The van der Waals surface area contributed by atoms with Gasteiger partial charge in [0.25, 0.3) is 0 Å². The highest BCUT2D eigenvalue weighted by Crippen LogP contribution is 2.51. The fourth-order valence-corrected chi connectivity index (χ4v) is 5.55. The molecule has 148 valence electrons. The predicted molar refractivity (Wildman–Crippen MR) is 121 cm³/mol. The molecule has 0 aromatic heterocycles. The monoisotopic (exact) mass is 431 g/mol. The van der Waals surface area contributed by atoms with E-state index >= 15 is 0 Å². The predicted octanol–water partition coefficient (Wildman–Crippen LogP) is 6.25. The Hall–Kier alpha value is -2.82. The Bertz CT molecular complexity index is 1170. The largest absolute Gasteiger partial charge is 0.334 e. The lowest BCUT2D eigenvalue weighted by Crippen LogP contribution is -2.37. The number of hydrogen-bond donors (Lipinski definition) is 0. The van der Waals surface area contributed by atoms with E-state index in [1.807, 2.05) is 78.9 Å². The van der Waals surface area contributed by atoms with Crippen LogP contribution in [-0.2, 0) is 0 Å². The maximum atomic E-state index is 13.4. The molecule has 30 heavy (non-hydrogen) atoms. The quantitative estimate of drug-likeness (QED) is 0.457. The Morgan fingerprint density at radius 3 is 2.27 bits per heavy atom. The molecule has 3 aromatic carbocycles. The van der Waals surface area contributed by atoms with Crippen LogP contribution in [0.15, 0.2) is 94.4 Å². The summed E-state index contributed by atoms with van der Waals surface area (Å²) in [5, 5.41) is 1.58. The standard InChI is InChI=1S/C25H18ClNO2S/c26-19-11-12-21-22(14-19)30-25-20(24(29)17-9-5-2-6-10-17)13-18(15-27(21)25)23(28)16-7-3-1-4-8-16/h1-12,14,18H,13,15H2. The zero-order valence-electron chi connectivity index (χ0n) is 16.0. The topological polar surface area (TPSA) is 37.4 Å². The molecule has 2 aliphatic heterocycles. The Balaban J connectivity index is 1.58. The molecule has 2 aliphatic rings. The van der Waals surface area contributed by atoms with E-state index in [0.717, 1.165) is 15.6 Å². The fourth-order valence-electron chi connectivity index (χ4n) is 4.05. The van der Waals surface area contributed by atoms with Crippen LogP contribution in [0.2, 0.25) is 5.02 Å². The van der Waals surface area contributed by atoms with Crippen LogP contribution in [0.5, 0.6) is 0 Å². The third-order valence-electron chi connectivity index (χ3n) is 5.52. The number of ketones is 2. The van der Waals surface area contributed by atoms with Crippen LogP contribution in [0.3, 0.4) is 0 Å². The zero-order chi connectivity index (χ0) is 20.7. The number of halogens is 1. The summed E-state index contributed by atoms with van der Waals surface area (Å²) in [4.78, 5) is 29.8. The normalized spacial score (nSPS) is 17.5. The minimum atomic E-state index is -0.291. The third kappa shape index (κ3) is 3.36. The van der Waals surface area contributed by atoms with Crippen molar-refractivity contribution in [1.82, 2.24) is 0 Å². The molecule has 3 aromatic rings. The van der Waals surface area contributed by atoms with Gasteiger partial charge in [-0.05, 0) is 24.6 Å². The van der Waals surface area contributed by atoms with E-state index in [4.69, 9.17) is 11.6 Å². The average molecular weight is 432 g/mol. The van der Waals surface area contributed by atoms with Crippen molar-refractivity contribution in [2.24, 2.45) is 5.92 Å². The molecule has 1 atom stereocenters. The maximum absolute atomic E-state index is 13.4. The molecule has 0 aliphatic carbocycles. The number of anilines is 1. The van der Waals surface area contributed by atoms with Gasteiger partial charge in [-0.15, -0.1) is 0 Å². The Labute approximate surface area is 184 Å². The number of carbonyl (C=O) groups excluding carboxylic acids is 2. The van der Waals surface area contributed by atoms with E-state index < -0.39 is 0 Å². The number of rotatable bonds is 4. The maximum Gasteiger partial charge on any atom is 0.191 e. The summed E-state index contributed by atoms with van der Waals surface area (Å²) in [5.74, 6) is -0.242. The van der Waals surface area contributed by atoms with Gasteiger partial charge in [0, 0.05) is 39.1 Å². The number of nitrogens with zero attached hydrogens (tertiary/aromatic N) is 1. The van der Waals surface area contributed by atoms with E-state index in [1.54, 1.807) is 11.8 Å². The van der Waals surface area contributed by atoms with Gasteiger partial charge in [-0.25, -0.2) is 0 Å². The number of thioether (sulfide) groups is 1. The molecule has 5 rings (SSSR count). The number of benzene rings is 3. The van der Waals surface area contributed by atoms with E-state index in [1.165, 1.54) is 0 Å². The SMILES string of the molecule is O=C(C1=C2Sc3cc(Cl)ccc3N2CC(C(=O)c2ccccc2)C1)c1ccccc1. The molecular weight excluding hydrogens is 414 g/mol. The summed E-state index contributed by atoms with van der Waals surface area (Å²) in [7, 11) is 0. The molecular formula is C25H18ClNO2S. The Morgan fingerprint density at radius 2 is 1.57 bits per heavy atom. The summed E-state index contributed by atoms with van der Waals surface area (Å²) in [5.41, 5.74) is 3.02. The van der Waals surface area contributed by atoms with Crippen LogP contribution in [0, 0.1) is 5.92 Å².